The summed E-state index contributed by atoms with van der Waals surface area (Å²) in [5, 5.41) is 0. The standard InChI is InChI=1S/C13H17NO2/c1-13(2)7-8-3-4-9-10(14)5-6-15-12(9)11(8)16-13/h3-4,10H,5-7,14H2,1-2H3. The lowest BCUT2D eigenvalue weighted by atomic mass is 9.96. The van der Waals surface area contributed by atoms with E-state index in [0.717, 1.165) is 29.9 Å². The van der Waals surface area contributed by atoms with Gasteiger partial charge >= 0.3 is 0 Å². The van der Waals surface area contributed by atoms with Crippen LogP contribution in [0.2, 0.25) is 0 Å². The number of benzene rings is 1. The lowest BCUT2D eigenvalue weighted by molar-refractivity contribution is 0.130. The van der Waals surface area contributed by atoms with E-state index in [0.29, 0.717) is 6.61 Å². The van der Waals surface area contributed by atoms with E-state index in [1.807, 2.05) is 0 Å². The molecule has 2 aliphatic heterocycles. The summed E-state index contributed by atoms with van der Waals surface area (Å²) in [5.74, 6) is 1.79. The second-order valence-corrected chi connectivity index (χ2v) is 5.25. The van der Waals surface area contributed by atoms with Gasteiger partial charge in [0.25, 0.3) is 0 Å². The van der Waals surface area contributed by atoms with Crippen LogP contribution in [0.5, 0.6) is 11.5 Å². The van der Waals surface area contributed by atoms with Crippen molar-refractivity contribution in [3.8, 4) is 11.5 Å². The van der Waals surface area contributed by atoms with Gasteiger partial charge in [0.2, 0.25) is 0 Å². The topological polar surface area (TPSA) is 44.5 Å². The molecule has 0 fully saturated rings. The highest BCUT2D eigenvalue weighted by Crippen LogP contribution is 2.47. The van der Waals surface area contributed by atoms with Crippen LogP contribution >= 0.6 is 0 Å². The SMILES string of the molecule is CC1(C)Cc2ccc3c(c2O1)OCCC3N. The van der Waals surface area contributed by atoms with Crippen molar-refractivity contribution in [2.45, 2.75) is 38.3 Å². The third-order valence-electron chi connectivity index (χ3n) is 3.29. The van der Waals surface area contributed by atoms with Crippen LogP contribution in [0.25, 0.3) is 0 Å². The maximum absolute atomic E-state index is 6.07. The molecule has 1 unspecified atom stereocenters. The highest BCUT2D eigenvalue weighted by Gasteiger charge is 2.35. The van der Waals surface area contributed by atoms with Crippen LogP contribution in [0, 0.1) is 0 Å². The first-order chi connectivity index (χ1) is 7.57. The smallest absolute Gasteiger partial charge is 0.166 e. The van der Waals surface area contributed by atoms with E-state index in [4.69, 9.17) is 15.2 Å². The molecule has 0 aliphatic carbocycles. The maximum Gasteiger partial charge on any atom is 0.166 e. The lowest BCUT2D eigenvalue weighted by Gasteiger charge is -2.25. The Bertz CT molecular complexity index is 440. The molecule has 0 radical (unpaired) electrons. The Morgan fingerprint density at radius 2 is 2.12 bits per heavy atom. The minimum atomic E-state index is -0.123. The zero-order valence-corrected chi connectivity index (χ0v) is 9.75. The third kappa shape index (κ3) is 1.39. The fourth-order valence-electron chi connectivity index (χ4n) is 2.53. The van der Waals surface area contributed by atoms with E-state index in [9.17, 15) is 0 Å². The van der Waals surface area contributed by atoms with Gasteiger partial charge in [-0.1, -0.05) is 12.1 Å². The molecule has 2 N–H and O–H groups in total. The van der Waals surface area contributed by atoms with Gasteiger partial charge < -0.3 is 15.2 Å². The number of hydrogen-bond donors (Lipinski definition) is 1. The van der Waals surface area contributed by atoms with E-state index in [1.165, 1.54) is 5.56 Å². The zero-order chi connectivity index (χ0) is 11.3. The van der Waals surface area contributed by atoms with Crippen LogP contribution in [0.3, 0.4) is 0 Å². The molecule has 0 aromatic heterocycles. The number of hydrogen-bond acceptors (Lipinski definition) is 3. The predicted molar refractivity (Wildman–Crippen MR) is 61.9 cm³/mol. The molecule has 0 saturated carbocycles. The Hall–Kier alpha value is -1.22. The molecule has 3 nitrogen and oxygen atoms in total. The van der Waals surface area contributed by atoms with Gasteiger partial charge in [-0.15, -0.1) is 0 Å². The molecule has 0 spiro atoms. The minimum Gasteiger partial charge on any atom is -0.489 e. The molecule has 2 aliphatic rings. The van der Waals surface area contributed by atoms with Crippen LogP contribution in [0.15, 0.2) is 12.1 Å². The van der Waals surface area contributed by atoms with E-state index < -0.39 is 0 Å². The number of nitrogens with two attached hydrogens (primary N) is 1. The molecule has 1 aromatic carbocycles. The average molecular weight is 219 g/mol. The van der Waals surface area contributed by atoms with Crippen LogP contribution in [0.4, 0.5) is 0 Å². The largest absolute Gasteiger partial charge is 0.489 e. The fourth-order valence-corrected chi connectivity index (χ4v) is 2.53. The van der Waals surface area contributed by atoms with Crippen LogP contribution in [0.1, 0.15) is 37.4 Å². The highest BCUT2D eigenvalue weighted by atomic mass is 16.5. The molecule has 16 heavy (non-hydrogen) atoms. The molecular weight excluding hydrogens is 202 g/mol. The van der Waals surface area contributed by atoms with Crippen molar-refractivity contribution in [3.05, 3.63) is 23.3 Å². The first kappa shape index (κ1) is 9.97. The average Bonchev–Trinajstić information content (AvgIpc) is 2.53. The van der Waals surface area contributed by atoms with Crippen molar-refractivity contribution < 1.29 is 9.47 Å². The van der Waals surface area contributed by atoms with Gasteiger partial charge in [0.1, 0.15) is 5.60 Å². The van der Waals surface area contributed by atoms with E-state index >= 15 is 0 Å². The van der Waals surface area contributed by atoms with Crippen LogP contribution in [-0.4, -0.2) is 12.2 Å². The van der Waals surface area contributed by atoms with Gasteiger partial charge in [0, 0.05) is 30.0 Å². The molecule has 3 heteroatoms. The molecule has 3 rings (SSSR count). The van der Waals surface area contributed by atoms with Crippen LogP contribution < -0.4 is 15.2 Å². The minimum absolute atomic E-state index is 0.0846. The van der Waals surface area contributed by atoms with Crippen molar-refractivity contribution in [2.24, 2.45) is 5.73 Å². The molecule has 0 amide bonds. The van der Waals surface area contributed by atoms with Crippen LogP contribution in [-0.2, 0) is 6.42 Å². The quantitative estimate of drug-likeness (QED) is 0.727. The molecule has 86 valence electrons. The third-order valence-corrected chi connectivity index (χ3v) is 3.29. The van der Waals surface area contributed by atoms with Gasteiger partial charge in [0.15, 0.2) is 11.5 Å². The summed E-state index contributed by atoms with van der Waals surface area (Å²) in [6.07, 6.45) is 1.82. The first-order valence-corrected chi connectivity index (χ1v) is 5.80. The number of fused-ring (bicyclic) bond motifs is 3. The summed E-state index contributed by atoms with van der Waals surface area (Å²) >= 11 is 0. The van der Waals surface area contributed by atoms with Crippen molar-refractivity contribution >= 4 is 0 Å². The molecule has 1 aromatic rings. The second-order valence-electron chi connectivity index (χ2n) is 5.25. The summed E-state index contributed by atoms with van der Waals surface area (Å²) < 4.78 is 11.7. The molecule has 0 bridgehead atoms. The zero-order valence-electron chi connectivity index (χ0n) is 9.75. The Morgan fingerprint density at radius 3 is 2.94 bits per heavy atom. The van der Waals surface area contributed by atoms with Gasteiger partial charge in [-0.2, -0.15) is 0 Å². The highest BCUT2D eigenvalue weighted by molar-refractivity contribution is 5.56. The maximum atomic E-state index is 6.07. The predicted octanol–water partition coefficient (Wildman–Crippen LogP) is 2.18. The van der Waals surface area contributed by atoms with Gasteiger partial charge in [-0.3, -0.25) is 0 Å². The summed E-state index contributed by atoms with van der Waals surface area (Å²) in [7, 11) is 0. The van der Waals surface area contributed by atoms with Crippen molar-refractivity contribution in [3.63, 3.8) is 0 Å². The summed E-state index contributed by atoms with van der Waals surface area (Å²) in [6, 6.07) is 4.29. The van der Waals surface area contributed by atoms with Gasteiger partial charge in [-0.25, -0.2) is 0 Å². The van der Waals surface area contributed by atoms with E-state index in [1.54, 1.807) is 0 Å². The Labute approximate surface area is 95.5 Å². The number of rotatable bonds is 0. The van der Waals surface area contributed by atoms with E-state index in [2.05, 4.69) is 26.0 Å². The molecule has 2 heterocycles. The number of ether oxygens (including phenoxy) is 2. The van der Waals surface area contributed by atoms with Crippen molar-refractivity contribution in [1.29, 1.82) is 0 Å². The van der Waals surface area contributed by atoms with Gasteiger partial charge in [-0.05, 0) is 13.8 Å². The monoisotopic (exact) mass is 219 g/mol. The Balaban J connectivity index is 2.11. The Kier molecular flexibility index (Phi) is 1.96. The normalized spacial score (nSPS) is 25.3. The van der Waals surface area contributed by atoms with Crippen molar-refractivity contribution in [1.82, 2.24) is 0 Å². The summed E-state index contributed by atoms with van der Waals surface area (Å²) in [5.41, 5.74) is 8.27. The molecule has 0 saturated heterocycles. The van der Waals surface area contributed by atoms with Gasteiger partial charge in [0.05, 0.1) is 6.61 Å². The van der Waals surface area contributed by atoms with Crippen molar-refractivity contribution in [2.75, 3.05) is 6.61 Å². The first-order valence-electron chi connectivity index (χ1n) is 5.80. The lowest BCUT2D eigenvalue weighted by Crippen LogP contribution is -2.25. The van der Waals surface area contributed by atoms with E-state index in [-0.39, 0.29) is 11.6 Å². The fraction of sp³-hybridized carbons (Fsp3) is 0.538. The summed E-state index contributed by atoms with van der Waals surface area (Å²) in [4.78, 5) is 0. The summed E-state index contributed by atoms with van der Waals surface area (Å²) in [6.45, 7) is 4.89. The molecular formula is C13H17NO2. The molecule has 1 atom stereocenters. The second kappa shape index (κ2) is 3.14. The Morgan fingerprint density at radius 1 is 1.31 bits per heavy atom.